The van der Waals surface area contributed by atoms with Gasteiger partial charge in [-0.15, -0.1) is 4.79 Å². The first-order valence-electron chi connectivity index (χ1n) is 14.1. The van der Waals surface area contributed by atoms with Gasteiger partial charge in [0.2, 0.25) is 0 Å². The van der Waals surface area contributed by atoms with Gasteiger partial charge in [0.25, 0.3) is 0 Å². The lowest BCUT2D eigenvalue weighted by atomic mass is 9.84. The summed E-state index contributed by atoms with van der Waals surface area (Å²) in [5, 5.41) is 0. The molecule has 0 N–H and O–H groups in total. The van der Waals surface area contributed by atoms with Crippen LogP contribution in [-0.2, 0) is 12.8 Å². The Bertz CT molecular complexity index is 1020. The number of aryl methyl sites for hydroxylation is 2. The van der Waals surface area contributed by atoms with Crippen molar-refractivity contribution in [2.75, 3.05) is 0 Å². The Morgan fingerprint density at radius 1 is 0.686 bits per heavy atom. The summed E-state index contributed by atoms with van der Waals surface area (Å²) in [6, 6.07) is 18.2. The molecule has 0 aliphatic rings. The number of hydrogen-bond acceptors (Lipinski definition) is 0. The lowest BCUT2D eigenvalue weighted by Crippen LogP contribution is -2.02. The summed E-state index contributed by atoms with van der Waals surface area (Å²) >= 11 is 0. The van der Waals surface area contributed by atoms with Crippen LogP contribution in [0.2, 0.25) is 0 Å². The number of rotatable bonds is 16. The molecule has 0 amide bonds. The average molecular weight is 471 g/mol. The van der Waals surface area contributed by atoms with Crippen LogP contribution in [0.4, 0.5) is 0 Å². The maximum absolute atomic E-state index is 9.51. The minimum atomic E-state index is 0.884. The summed E-state index contributed by atoms with van der Waals surface area (Å²) < 4.78 is 0. The fourth-order valence-corrected chi connectivity index (χ4v) is 4.71. The van der Waals surface area contributed by atoms with Gasteiger partial charge < -0.3 is 5.53 Å². The molecule has 0 unspecified atom stereocenters. The molecule has 188 valence electrons. The maximum atomic E-state index is 9.51. The molecule has 2 nitrogen and oxygen atoms in total. The van der Waals surface area contributed by atoms with Gasteiger partial charge in [-0.25, -0.2) is 0 Å². The predicted molar refractivity (Wildman–Crippen MR) is 152 cm³/mol. The molecular weight excluding hydrogens is 424 g/mol. The van der Waals surface area contributed by atoms with Crippen molar-refractivity contribution in [3.63, 3.8) is 0 Å². The first kappa shape index (κ1) is 28.6. The molecule has 35 heavy (non-hydrogen) atoms. The lowest BCUT2D eigenvalue weighted by molar-refractivity contribution is 0.00739. The second kappa shape index (κ2) is 16.9. The molecule has 2 aromatic carbocycles. The second-order valence-electron chi connectivity index (χ2n) is 9.71. The SMILES string of the molecule is CCCCCc1cccc(C(=C(CCCC)C(=C=[N+]=[N-])CCCC)c2cccc(CCCC)c2)c1. The van der Waals surface area contributed by atoms with E-state index in [0.29, 0.717) is 0 Å². The molecule has 2 heteroatoms. The highest BCUT2D eigenvalue weighted by molar-refractivity contribution is 5.87. The third-order valence-electron chi connectivity index (χ3n) is 6.73. The highest BCUT2D eigenvalue weighted by atomic mass is 14.8. The van der Waals surface area contributed by atoms with Gasteiger partial charge in [-0.05, 0) is 84.8 Å². The first-order valence-corrected chi connectivity index (χ1v) is 14.1. The van der Waals surface area contributed by atoms with E-state index in [1.165, 1.54) is 65.5 Å². The summed E-state index contributed by atoms with van der Waals surface area (Å²) in [6.45, 7) is 8.96. The van der Waals surface area contributed by atoms with Crippen LogP contribution in [0.3, 0.4) is 0 Å². The summed E-state index contributed by atoms with van der Waals surface area (Å²) in [6.07, 6.45) is 14.6. The second-order valence-corrected chi connectivity index (χ2v) is 9.71. The fourth-order valence-electron chi connectivity index (χ4n) is 4.71. The number of benzene rings is 2. The van der Waals surface area contributed by atoms with Crippen molar-refractivity contribution < 1.29 is 4.79 Å². The zero-order valence-electron chi connectivity index (χ0n) is 22.7. The highest BCUT2D eigenvalue weighted by Gasteiger charge is 2.18. The minimum Gasteiger partial charge on any atom is -0.348 e. The van der Waals surface area contributed by atoms with Crippen molar-refractivity contribution in [3.05, 3.63) is 87.5 Å². The van der Waals surface area contributed by atoms with Crippen molar-refractivity contribution >= 4 is 11.4 Å². The summed E-state index contributed by atoms with van der Waals surface area (Å²) in [5.41, 5.74) is 18.5. The number of allylic oxidation sites excluding steroid dienone is 2. The van der Waals surface area contributed by atoms with Gasteiger partial charge >= 0.3 is 5.87 Å². The van der Waals surface area contributed by atoms with E-state index in [1.54, 1.807) is 0 Å². The molecule has 0 aromatic heterocycles. The van der Waals surface area contributed by atoms with E-state index in [1.807, 2.05) is 0 Å². The van der Waals surface area contributed by atoms with Crippen LogP contribution in [0.5, 0.6) is 0 Å². The van der Waals surface area contributed by atoms with Crippen molar-refractivity contribution in [3.8, 4) is 0 Å². The normalized spacial score (nSPS) is 11.5. The molecule has 2 aromatic rings. The van der Waals surface area contributed by atoms with Crippen molar-refractivity contribution in [1.82, 2.24) is 0 Å². The fraction of sp³-hybridized carbons (Fsp3) is 0.515. The van der Waals surface area contributed by atoms with Crippen LogP contribution in [-0.4, -0.2) is 10.7 Å². The van der Waals surface area contributed by atoms with Crippen molar-refractivity contribution in [2.24, 2.45) is 0 Å². The molecular formula is C33H46N2. The molecule has 0 aliphatic heterocycles. The van der Waals surface area contributed by atoms with Gasteiger partial charge in [0.05, 0.1) is 5.57 Å². The zero-order valence-corrected chi connectivity index (χ0v) is 22.7. The van der Waals surface area contributed by atoms with Crippen LogP contribution in [0, 0.1) is 0 Å². The summed E-state index contributed by atoms with van der Waals surface area (Å²) in [7, 11) is 0. The molecule has 0 radical (unpaired) electrons. The molecule has 0 spiro atoms. The molecule has 0 aliphatic carbocycles. The van der Waals surface area contributed by atoms with E-state index in [0.717, 1.165) is 56.9 Å². The topological polar surface area (TPSA) is 36.4 Å². The molecule has 0 bridgehead atoms. The zero-order chi connectivity index (χ0) is 25.3. The van der Waals surface area contributed by atoms with Crippen molar-refractivity contribution in [1.29, 1.82) is 0 Å². The molecule has 0 saturated carbocycles. The number of unbranched alkanes of at least 4 members (excludes halogenated alkanes) is 5. The largest absolute Gasteiger partial charge is 0.348 e. The quantitative estimate of drug-likeness (QED) is 0.0769. The molecule has 0 atom stereocenters. The van der Waals surface area contributed by atoms with E-state index in [9.17, 15) is 5.53 Å². The van der Waals surface area contributed by atoms with Crippen LogP contribution in [0.25, 0.3) is 11.1 Å². The van der Waals surface area contributed by atoms with Crippen LogP contribution < -0.4 is 0 Å². The Labute approximate surface area is 214 Å². The van der Waals surface area contributed by atoms with Crippen LogP contribution in [0.15, 0.2) is 59.7 Å². The monoisotopic (exact) mass is 470 g/mol. The Kier molecular flexibility index (Phi) is 13.8. The van der Waals surface area contributed by atoms with E-state index in [2.05, 4.69) is 86.9 Å². The van der Waals surface area contributed by atoms with E-state index < -0.39 is 0 Å². The smallest absolute Gasteiger partial charge is 0.303 e. The number of nitrogens with zero attached hydrogens (tertiary/aromatic N) is 2. The van der Waals surface area contributed by atoms with Gasteiger partial charge in [-0.3, -0.25) is 0 Å². The predicted octanol–water partition coefficient (Wildman–Crippen LogP) is 9.77. The molecule has 2 rings (SSSR count). The Morgan fingerprint density at radius 2 is 1.23 bits per heavy atom. The van der Waals surface area contributed by atoms with Crippen LogP contribution >= 0.6 is 0 Å². The minimum absolute atomic E-state index is 0.884. The third-order valence-corrected chi connectivity index (χ3v) is 6.73. The first-order chi connectivity index (χ1) is 17.2. The summed E-state index contributed by atoms with van der Waals surface area (Å²) in [5.74, 6) is 2.99. The molecule has 0 saturated heterocycles. The number of hydrogen-bond donors (Lipinski definition) is 0. The molecule has 0 heterocycles. The van der Waals surface area contributed by atoms with Crippen LogP contribution in [0.1, 0.15) is 121 Å². The Hall–Kier alpha value is -2.66. The van der Waals surface area contributed by atoms with Gasteiger partial charge in [0.15, 0.2) is 0 Å². The van der Waals surface area contributed by atoms with Crippen molar-refractivity contribution in [2.45, 2.75) is 111 Å². The van der Waals surface area contributed by atoms with Gasteiger partial charge in [-0.1, -0.05) is 108 Å². The van der Waals surface area contributed by atoms with E-state index in [-0.39, 0.29) is 0 Å². The van der Waals surface area contributed by atoms with Gasteiger partial charge in [0, 0.05) is 0 Å². The average Bonchev–Trinajstić information content (AvgIpc) is 2.88. The Morgan fingerprint density at radius 3 is 1.77 bits per heavy atom. The van der Waals surface area contributed by atoms with Gasteiger partial charge in [-0.2, -0.15) is 0 Å². The lowest BCUT2D eigenvalue weighted by Gasteiger charge is -2.19. The highest BCUT2D eigenvalue weighted by Crippen LogP contribution is 2.35. The molecule has 0 fully saturated rings. The van der Waals surface area contributed by atoms with Gasteiger partial charge in [0.1, 0.15) is 0 Å². The van der Waals surface area contributed by atoms with E-state index in [4.69, 9.17) is 0 Å². The maximum Gasteiger partial charge on any atom is 0.303 e. The Balaban J connectivity index is 2.75. The standard InChI is InChI=1S/C33H46N2/c1-5-9-13-17-28-19-15-22-30(25-28)33(29-21-14-18-27(24-29)16-10-6-2)32(23-12-8-4)31(26-35-34)20-11-7-3/h14-15,18-19,21-22,24-25H,5-13,16-17,20,23H2,1-4H3. The third kappa shape index (κ3) is 9.48. The van der Waals surface area contributed by atoms with E-state index >= 15 is 0 Å². The summed E-state index contributed by atoms with van der Waals surface area (Å²) in [4.78, 5) is 3.39.